The van der Waals surface area contributed by atoms with Crippen molar-refractivity contribution in [2.75, 3.05) is 5.32 Å². The summed E-state index contributed by atoms with van der Waals surface area (Å²) in [6, 6.07) is 3.58. The Kier molecular flexibility index (Phi) is 4.82. The zero-order valence-electron chi connectivity index (χ0n) is 10.5. The lowest BCUT2D eigenvalue weighted by Gasteiger charge is -2.10. The molecule has 1 heterocycles. The quantitative estimate of drug-likeness (QED) is 0.767. The van der Waals surface area contributed by atoms with Crippen molar-refractivity contribution in [2.45, 2.75) is 33.6 Å². The second kappa shape index (κ2) is 6.13. The molecule has 1 atom stereocenters. The molecule has 1 rings (SSSR count). The molecule has 0 saturated heterocycles. The van der Waals surface area contributed by atoms with Gasteiger partial charge in [-0.2, -0.15) is 0 Å². The molecule has 0 aliphatic rings. The summed E-state index contributed by atoms with van der Waals surface area (Å²) in [6.07, 6.45) is 1.75. The Bertz CT molecular complexity index is 416. The molecule has 92 valence electrons. The van der Waals surface area contributed by atoms with Crippen molar-refractivity contribution in [3.8, 4) is 0 Å². The van der Waals surface area contributed by atoms with E-state index in [2.05, 4.69) is 10.3 Å². The van der Waals surface area contributed by atoms with Crippen LogP contribution >= 0.6 is 0 Å². The fourth-order valence-corrected chi connectivity index (χ4v) is 1.46. The Hall–Kier alpha value is -1.71. The highest BCUT2D eigenvalue weighted by atomic mass is 16.1. The van der Waals surface area contributed by atoms with Crippen molar-refractivity contribution in [1.82, 2.24) is 4.98 Å². The largest absolute Gasteiger partial charge is 0.313 e. The van der Waals surface area contributed by atoms with Gasteiger partial charge in [0, 0.05) is 12.3 Å². The standard InChI is InChI=1S/C13H18N2O2/c1-4-9(2)12(17)7-11-10(3)5-6-13(15-11)14-8-16/h5-6,8-9H,4,7H2,1-3H3,(H,14,15,16). The number of rotatable bonds is 6. The molecule has 0 fully saturated rings. The molecule has 0 aromatic carbocycles. The predicted molar refractivity (Wildman–Crippen MR) is 66.8 cm³/mol. The molecule has 4 heteroatoms. The lowest BCUT2D eigenvalue weighted by molar-refractivity contribution is -0.121. The van der Waals surface area contributed by atoms with E-state index >= 15 is 0 Å². The Morgan fingerprint density at radius 3 is 2.82 bits per heavy atom. The van der Waals surface area contributed by atoms with Gasteiger partial charge in [0.2, 0.25) is 6.41 Å². The van der Waals surface area contributed by atoms with Crippen LogP contribution in [0.2, 0.25) is 0 Å². The molecular weight excluding hydrogens is 216 g/mol. The zero-order chi connectivity index (χ0) is 12.8. The first kappa shape index (κ1) is 13.4. The third-order valence-electron chi connectivity index (χ3n) is 2.91. The van der Waals surface area contributed by atoms with Crippen molar-refractivity contribution in [2.24, 2.45) is 5.92 Å². The maximum atomic E-state index is 11.8. The van der Waals surface area contributed by atoms with E-state index in [-0.39, 0.29) is 11.7 Å². The highest BCUT2D eigenvalue weighted by Gasteiger charge is 2.13. The van der Waals surface area contributed by atoms with Crippen molar-refractivity contribution in [3.05, 3.63) is 23.4 Å². The van der Waals surface area contributed by atoms with Gasteiger partial charge in [-0.3, -0.25) is 9.59 Å². The summed E-state index contributed by atoms with van der Waals surface area (Å²) in [7, 11) is 0. The number of hydrogen-bond donors (Lipinski definition) is 1. The van der Waals surface area contributed by atoms with Gasteiger partial charge in [-0.25, -0.2) is 4.98 Å². The summed E-state index contributed by atoms with van der Waals surface area (Å²) in [6.45, 7) is 5.83. The summed E-state index contributed by atoms with van der Waals surface area (Å²) < 4.78 is 0. The number of hydrogen-bond acceptors (Lipinski definition) is 3. The van der Waals surface area contributed by atoms with Gasteiger partial charge in [-0.15, -0.1) is 0 Å². The van der Waals surface area contributed by atoms with Crippen LogP contribution in [0.4, 0.5) is 5.82 Å². The average molecular weight is 234 g/mol. The van der Waals surface area contributed by atoms with Gasteiger partial charge in [-0.1, -0.05) is 19.9 Å². The number of carbonyl (C=O) groups excluding carboxylic acids is 2. The molecule has 1 aromatic heterocycles. The molecule has 1 aromatic rings. The van der Waals surface area contributed by atoms with E-state index in [1.165, 1.54) is 0 Å². The van der Waals surface area contributed by atoms with E-state index < -0.39 is 0 Å². The van der Waals surface area contributed by atoms with Crippen molar-refractivity contribution < 1.29 is 9.59 Å². The second-order valence-electron chi connectivity index (χ2n) is 4.17. The van der Waals surface area contributed by atoms with Crippen molar-refractivity contribution in [3.63, 3.8) is 0 Å². The highest BCUT2D eigenvalue weighted by molar-refractivity contribution is 5.83. The topological polar surface area (TPSA) is 59.1 Å². The molecule has 17 heavy (non-hydrogen) atoms. The summed E-state index contributed by atoms with van der Waals surface area (Å²) in [5.41, 5.74) is 1.71. The number of anilines is 1. The molecule has 1 amide bonds. The number of ketones is 1. The molecular formula is C13H18N2O2. The number of pyridine rings is 1. The zero-order valence-corrected chi connectivity index (χ0v) is 10.5. The Morgan fingerprint density at radius 1 is 1.53 bits per heavy atom. The number of Topliss-reactive ketones (excluding diaryl/α,β-unsaturated/α-hetero) is 1. The molecule has 1 unspecified atom stereocenters. The van der Waals surface area contributed by atoms with Crippen LogP contribution in [0.3, 0.4) is 0 Å². The number of nitrogens with zero attached hydrogens (tertiary/aromatic N) is 1. The van der Waals surface area contributed by atoms with E-state index in [0.717, 1.165) is 17.7 Å². The molecule has 0 spiro atoms. The first-order chi connectivity index (χ1) is 8.08. The molecule has 1 N–H and O–H groups in total. The van der Waals surface area contributed by atoms with Crippen LogP contribution in [0.5, 0.6) is 0 Å². The van der Waals surface area contributed by atoms with Gasteiger partial charge in [0.1, 0.15) is 11.6 Å². The van der Waals surface area contributed by atoms with Crippen LogP contribution < -0.4 is 5.32 Å². The van der Waals surface area contributed by atoms with E-state index in [9.17, 15) is 9.59 Å². The maximum absolute atomic E-state index is 11.8. The van der Waals surface area contributed by atoms with Gasteiger partial charge in [0.15, 0.2) is 0 Å². The third-order valence-corrected chi connectivity index (χ3v) is 2.91. The highest BCUT2D eigenvalue weighted by Crippen LogP contribution is 2.13. The summed E-state index contributed by atoms with van der Waals surface area (Å²) in [5.74, 6) is 0.725. The van der Waals surface area contributed by atoms with Crippen LogP contribution in [-0.2, 0) is 16.0 Å². The van der Waals surface area contributed by atoms with Gasteiger partial charge in [0.25, 0.3) is 0 Å². The maximum Gasteiger partial charge on any atom is 0.212 e. The van der Waals surface area contributed by atoms with Crippen molar-refractivity contribution in [1.29, 1.82) is 0 Å². The van der Waals surface area contributed by atoms with E-state index in [1.54, 1.807) is 6.07 Å². The number of amides is 1. The lowest BCUT2D eigenvalue weighted by Crippen LogP contribution is -2.15. The van der Waals surface area contributed by atoms with Crippen LogP contribution in [0.15, 0.2) is 12.1 Å². The first-order valence-electron chi connectivity index (χ1n) is 5.77. The van der Waals surface area contributed by atoms with Crippen LogP contribution in [0.1, 0.15) is 31.5 Å². The molecule has 4 nitrogen and oxygen atoms in total. The number of carbonyl (C=O) groups is 2. The molecule has 0 saturated carbocycles. The molecule has 0 radical (unpaired) electrons. The summed E-state index contributed by atoms with van der Waals surface area (Å²) >= 11 is 0. The number of aryl methyl sites for hydroxylation is 1. The third kappa shape index (κ3) is 3.66. The first-order valence-corrected chi connectivity index (χ1v) is 5.77. The fraction of sp³-hybridized carbons (Fsp3) is 0.462. The van der Waals surface area contributed by atoms with Crippen LogP contribution in [-0.4, -0.2) is 17.2 Å². The molecule has 0 aliphatic heterocycles. The average Bonchev–Trinajstić information content (AvgIpc) is 2.32. The predicted octanol–water partition coefficient (Wildman–Crippen LogP) is 2.12. The van der Waals surface area contributed by atoms with Gasteiger partial charge in [-0.05, 0) is 25.0 Å². The molecule has 0 bridgehead atoms. The Balaban J connectivity index is 2.85. The van der Waals surface area contributed by atoms with Gasteiger partial charge < -0.3 is 5.32 Å². The van der Waals surface area contributed by atoms with E-state index in [0.29, 0.717) is 18.6 Å². The fourth-order valence-electron chi connectivity index (χ4n) is 1.46. The monoisotopic (exact) mass is 234 g/mol. The second-order valence-corrected chi connectivity index (χ2v) is 4.17. The van der Waals surface area contributed by atoms with Crippen LogP contribution in [0.25, 0.3) is 0 Å². The minimum Gasteiger partial charge on any atom is -0.313 e. The van der Waals surface area contributed by atoms with Gasteiger partial charge >= 0.3 is 0 Å². The van der Waals surface area contributed by atoms with E-state index in [1.807, 2.05) is 26.8 Å². The Labute approximate surface area is 101 Å². The summed E-state index contributed by atoms with van der Waals surface area (Å²) in [4.78, 5) is 26.4. The van der Waals surface area contributed by atoms with Gasteiger partial charge in [0.05, 0.1) is 5.69 Å². The van der Waals surface area contributed by atoms with Crippen molar-refractivity contribution >= 4 is 18.0 Å². The lowest BCUT2D eigenvalue weighted by atomic mass is 9.98. The van der Waals surface area contributed by atoms with Crippen LogP contribution in [0, 0.1) is 12.8 Å². The van der Waals surface area contributed by atoms with E-state index in [4.69, 9.17) is 0 Å². The SMILES string of the molecule is CCC(C)C(=O)Cc1nc(NC=O)ccc1C. The molecule has 0 aliphatic carbocycles. The normalized spacial score (nSPS) is 11.9. The Morgan fingerprint density at radius 2 is 2.24 bits per heavy atom. The summed E-state index contributed by atoms with van der Waals surface area (Å²) in [5, 5.41) is 2.49. The minimum absolute atomic E-state index is 0.0545. The smallest absolute Gasteiger partial charge is 0.212 e. The number of aromatic nitrogens is 1. The minimum atomic E-state index is 0.0545. The number of nitrogens with one attached hydrogen (secondary N) is 1.